The van der Waals surface area contributed by atoms with Crippen molar-refractivity contribution in [2.24, 2.45) is 0 Å². The second kappa shape index (κ2) is 5.79. The van der Waals surface area contributed by atoms with Gasteiger partial charge in [0.15, 0.2) is 0 Å². The number of rotatable bonds is 6. The van der Waals surface area contributed by atoms with Gasteiger partial charge in [-0.05, 0) is 6.92 Å². The number of ether oxygens (including phenoxy) is 1. The first kappa shape index (κ1) is 13.2. The van der Waals surface area contributed by atoms with Crippen molar-refractivity contribution in [1.82, 2.24) is 5.32 Å². The summed E-state index contributed by atoms with van der Waals surface area (Å²) in [5.41, 5.74) is 0. The van der Waals surface area contributed by atoms with Gasteiger partial charge in [-0.1, -0.05) is 0 Å². The molecule has 84 valence electrons. The average Bonchev–Trinajstić information content (AvgIpc) is 2.04. The topological polar surface area (TPSA) is 38.3 Å². The number of esters is 1. The van der Waals surface area contributed by atoms with Gasteiger partial charge in [0.2, 0.25) is 0 Å². The van der Waals surface area contributed by atoms with Gasteiger partial charge in [-0.15, -0.1) is 0 Å². The monoisotopic (exact) mass is 217 g/mol. The third-order valence-electron chi connectivity index (χ3n) is 1.25. The summed E-state index contributed by atoms with van der Waals surface area (Å²) in [5.74, 6) is -4.87. The van der Waals surface area contributed by atoms with Crippen molar-refractivity contribution in [2.75, 3.05) is 19.7 Å². The van der Waals surface area contributed by atoms with Crippen LogP contribution in [0.1, 0.15) is 6.92 Å². The highest BCUT2D eigenvalue weighted by atomic mass is 19.3. The predicted octanol–water partition coefficient (Wildman–Crippen LogP) is 1.04. The summed E-state index contributed by atoms with van der Waals surface area (Å²) in [6, 6.07) is 0. The Morgan fingerprint density at radius 1 is 1.50 bits per heavy atom. The largest absolute Gasteiger partial charge is 0.465 e. The molecule has 0 aromatic heterocycles. The molecule has 0 unspecified atom stereocenters. The molecular weight excluding hydrogens is 206 g/mol. The van der Waals surface area contributed by atoms with E-state index in [-0.39, 0.29) is 6.61 Å². The number of alkyl halides is 4. The standard InChI is InChI=1S/C7H11F4NO2/c1-2-14-5(13)3-12-4-7(10,11)6(8)9/h6,12H,2-4H2,1H3. The number of carbonyl (C=O) groups excluding carboxylic acids is 1. The van der Waals surface area contributed by atoms with Crippen LogP contribution < -0.4 is 5.32 Å². The minimum absolute atomic E-state index is 0.117. The lowest BCUT2D eigenvalue weighted by Gasteiger charge is -2.15. The maximum atomic E-state index is 12.2. The Hall–Kier alpha value is -0.850. The number of hydrogen-bond donors (Lipinski definition) is 1. The van der Waals surface area contributed by atoms with E-state index in [1.165, 1.54) is 0 Å². The molecule has 0 saturated carbocycles. The van der Waals surface area contributed by atoms with E-state index in [2.05, 4.69) is 4.74 Å². The van der Waals surface area contributed by atoms with Gasteiger partial charge in [0.1, 0.15) is 0 Å². The molecule has 7 heteroatoms. The van der Waals surface area contributed by atoms with E-state index in [9.17, 15) is 22.4 Å². The Balaban J connectivity index is 3.68. The predicted molar refractivity (Wildman–Crippen MR) is 40.5 cm³/mol. The molecule has 0 fully saturated rings. The van der Waals surface area contributed by atoms with Crippen molar-refractivity contribution >= 4 is 5.97 Å². The molecule has 0 aromatic carbocycles. The first-order chi connectivity index (χ1) is 6.40. The third-order valence-corrected chi connectivity index (χ3v) is 1.25. The Morgan fingerprint density at radius 3 is 2.50 bits per heavy atom. The Kier molecular flexibility index (Phi) is 5.44. The maximum Gasteiger partial charge on any atom is 0.319 e. The van der Waals surface area contributed by atoms with Crippen LogP contribution in [0.25, 0.3) is 0 Å². The average molecular weight is 217 g/mol. The SMILES string of the molecule is CCOC(=O)CNCC(F)(F)C(F)F. The first-order valence-corrected chi connectivity index (χ1v) is 3.92. The Bertz CT molecular complexity index is 187. The van der Waals surface area contributed by atoms with Crippen LogP contribution in [-0.2, 0) is 9.53 Å². The van der Waals surface area contributed by atoms with Crippen molar-refractivity contribution in [1.29, 1.82) is 0 Å². The lowest BCUT2D eigenvalue weighted by Crippen LogP contribution is -2.40. The normalized spacial score (nSPS) is 11.9. The molecule has 0 aliphatic rings. The van der Waals surface area contributed by atoms with Crippen molar-refractivity contribution in [2.45, 2.75) is 19.3 Å². The summed E-state index contributed by atoms with van der Waals surface area (Å²) < 4.78 is 52.0. The van der Waals surface area contributed by atoms with Gasteiger partial charge in [-0.25, -0.2) is 8.78 Å². The molecule has 0 aliphatic carbocycles. The summed E-state index contributed by atoms with van der Waals surface area (Å²) in [5, 5.41) is 1.89. The van der Waals surface area contributed by atoms with Gasteiger partial charge in [0, 0.05) is 0 Å². The molecule has 0 aromatic rings. The molecule has 0 radical (unpaired) electrons. The van der Waals surface area contributed by atoms with Crippen LogP contribution in [-0.4, -0.2) is 38.0 Å². The highest BCUT2D eigenvalue weighted by Gasteiger charge is 2.40. The second-order valence-corrected chi connectivity index (χ2v) is 2.47. The number of carbonyl (C=O) groups is 1. The molecule has 0 amide bonds. The van der Waals surface area contributed by atoms with Crippen LogP contribution in [0.2, 0.25) is 0 Å². The summed E-state index contributed by atoms with van der Waals surface area (Å²) in [7, 11) is 0. The van der Waals surface area contributed by atoms with Gasteiger partial charge >= 0.3 is 18.3 Å². The zero-order valence-corrected chi connectivity index (χ0v) is 7.53. The number of hydrogen-bond acceptors (Lipinski definition) is 3. The van der Waals surface area contributed by atoms with E-state index in [0.29, 0.717) is 0 Å². The van der Waals surface area contributed by atoms with Crippen LogP contribution >= 0.6 is 0 Å². The molecule has 0 heterocycles. The van der Waals surface area contributed by atoms with Crippen LogP contribution in [0.3, 0.4) is 0 Å². The van der Waals surface area contributed by atoms with Crippen LogP contribution in [0.4, 0.5) is 17.6 Å². The fourth-order valence-electron chi connectivity index (χ4n) is 0.620. The number of halogens is 4. The first-order valence-electron chi connectivity index (χ1n) is 3.92. The quantitative estimate of drug-likeness (QED) is 0.533. The zero-order chi connectivity index (χ0) is 11.2. The highest BCUT2D eigenvalue weighted by molar-refractivity contribution is 5.71. The molecule has 0 bridgehead atoms. The molecule has 3 nitrogen and oxygen atoms in total. The van der Waals surface area contributed by atoms with Crippen molar-refractivity contribution in [3.05, 3.63) is 0 Å². The van der Waals surface area contributed by atoms with Crippen molar-refractivity contribution in [3.8, 4) is 0 Å². The van der Waals surface area contributed by atoms with E-state index in [1.54, 1.807) is 6.92 Å². The van der Waals surface area contributed by atoms with E-state index in [0.717, 1.165) is 0 Å². The summed E-state index contributed by atoms with van der Waals surface area (Å²) in [4.78, 5) is 10.6. The van der Waals surface area contributed by atoms with E-state index >= 15 is 0 Å². The van der Waals surface area contributed by atoms with Crippen molar-refractivity contribution < 1.29 is 27.1 Å². The summed E-state index contributed by atoms with van der Waals surface area (Å²) in [6.07, 6.45) is -3.74. The Morgan fingerprint density at radius 2 is 2.07 bits per heavy atom. The summed E-state index contributed by atoms with van der Waals surface area (Å²) in [6.45, 7) is -0.0863. The maximum absolute atomic E-state index is 12.2. The van der Waals surface area contributed by atoms with Gasteiger partial charge in [-0.3, -0.25) is 4.79 Å². The molecule has 0 atom stereocenters. The second-order valence-electron chi connectivity index (χ2n) is 2.47. The minimum atomic E-state index is -4.12. The third kappa shape index (κ3) is 5.00. The van der Waals surface area contributed by atoms with Gasteiger partial charge in [-0.2, -0.15) is 8.78 Å². The fraction of sp³-hybridized carbons (Fsp3) is 0.857. The van der Waals surface area contributed by atoms with Crippen LogP contribution in [0, 0.1) is 0 Å². The Labute approximate surface area is 78.4 Å². The lowest BCUT2D eigenvalue weighted by molar-refractivity contribution is -0.144. The summed E-state index contributed by atoms with van der Waals surface area (Å²) >= 11 is 0. The van der Waals surface area contributed by atoms with Gasteiger partial charge < -0.3 is 10.1 Å². The molecule has 0 saturated heterocycles. The number of nitrogens with one attached hydrogen (secondary N) is 1. The minimum Gasteiger partial charge on any atom is -0.465 e. The van der Waals surface area contributed by atoms with E-state index in [1.807, 2.05) is 5.32 Å². The van der Waals surface area contributed by atoms with Gasteiger partial charge in [0.05, 0.1) is 19.7 Å². The highest BCUT2D eigenvalue weighted by Crippen LogP contribution is 2.21. The molecule has 1 N–H and O–H groups in total. The van der Waals surface area contributed by atoms with Crippen molar-refractivity contribution in [3.63, 3.8) is 0 Å². The molecule has 14 heavy (non-hydrogen) atoms. The molecule has 0 spiro atoms. The smallest absolute Gasteiger partial charge is 0.319 e. The van der Waals surface area contributed by atoms with Crippen LogP contribution in [0.5, 0.6) is 0 Å². The molecule has 0 rings (SSSR count). The van der Waals surface area contributed by atoms with Gasteiger partial charge in [0.25, 0.3) is 0 Å². The molecule has 0 aliphatic heterocycles. The van der Waals surface area contributed by atoms with E-state index in [4.69, 9.17) is 0 Å². The lowest BCUT2D eigenvalue weighted by atomic mass is 10.3. The fourth-order valence-corrected chi connectivity index (χ4v) is 0.620. The zero-order valence-electron chi connectivity index (χ0n) is 7.53. The van der Waals surface area contributed by atoms with E-state index < -0.39 is 31.4 Å². The molecular formula is C7H11F4NO2. The van der Waals surface area contributed by atoms with Crippen LogP contribution in [0.15, 0.2) is 0 Å².